The summed E-state index contributed by atoms with van der Waals surface area (Å²) in [7, 11) is 0. The van der Waals surface area contributed by atoms with Crippen LogP contribution in [0.4, 0.5) is 13.2 Å². The monoisotopic (exact) mass is 525 g/mol. The minimum atomic E-state index is -2.63. The molecule has 7 nitrogen and oxygen atoms in total. The number of halogens is 3. The number of hydrogen-bond donors (Lipinski definition) is 2. The number of fused-ring (bicyclic) bond motifs is 2. The van der Waals surface area contributed by atoms with E-state index in [2.05, 4.69) is 25.1 Å². The zero-order valence-electron chi connectivity index (χ0n) is 20.6. The quantitative estimate of drug-likeness (QED) is 0.280. The molecule has 194 valence electrons. The molecule has 0 bridgehead atoms. The minimum absolute atomic E-state index is 0.114. The molecule has 0 unspecified atom stereocenters. The first-order valence-corrected chi connectivity index (χ1v) is 12.6. The molecule has 1 fully saturated rings. The van der Waals surface area contributed by atoms with Crippen molar-refractivity contribution >= 4 is 21.9 Å². The van der Waals surface area contributed by atoms with Crippen molar-refractivity contribution in [2.45, 2.75) is 18.9 Å². The summed E-state index contributed by atoms with van der Waals surface area (Å²) in [5.74, 6) is -2.93. The molecule has 2 N–H and O–H groups in total. The summed E-state index contributed by atoms with van der Waals surface area (Å²) >= 11 is 0. The first-order valence-electron chi connectivity index (χ1n) is 12.6. The lowest BCUT2D eigenvalue weighted by molar-refractivity contribution is 0.0115. The van der Waals surface area contributed by atoms with Gasteiger partial charge in [0, 0.05) is 60.1 Å². The van der Waals surface area contributed by atoms with Crippen molar-refractivity contribution in [2.24, 2.45) is 0 Å². The molecule has 5 aromatic heterocycles. The SMILES string of the molecule is Fc1ccc(-c2nccc3[nH]c(-c4n[nH]c5ccc(-c6cncc(CN7CCC(F)(F)C7)c6)nc45)cc23)cc1. The predicted octanol–water partition coefficient (Wildman–Crippen LogP) is 6.21. The fourth-order valence-corrected chi connectivity index (χ4v) is 5.18. The van der Waals surface area contributed by atoms with E-state index in [1.54, 1.807) is 35.6 Å². The van der Waals surface area contributed by atoms with Crippen LogP contribution in [0.15, 0.2) is 73.2 Å². The minimum Gasteiger partial charge on any atom is -0.353 e. The van der Waals surface area contributed by atoms with E-state index in [0.717, 1.165) is 44.5 Å². The van der Waals surface area contributed by atoms with Gasteiger partial charge in [0.2, 0.25) is 0 Å². The average molecular weight is 526 g/mol. The number of hydrogen-bond acceptors (Lipinski definition) is 5. The fourth-order valence-electron chi connectivity index (χ4n) is 5.18. The topological polar surface area (TPSA) is 86.4 Å². The second kappa shape index (κ2) is 9.02. The molecule has 1 aliphatic heterocycles. The molecule has 0 aliphatic carbocycles. The summed E-state index contributed by atoms with van der Waals surface area (Å²) in [6.07, 6.45) is 5.03. The van der Waals surface area contributed by atoms with Gasteiger partial charge in [0.1, 0.15) is 17.0 Å². The van der Waals surface area contributed by atoms with Crippen molar-refractivity contribution in [1.29, 1.82) is 0 Å². The van der Waals surface area contributed by atoms with E-state index >= 15 is 0 Å². The summed E-state index contributed by atoms with van der Waals surface area (Å²) in [5, 5.41) is 8.46. The number of pyridine rings is 3. The molecule has 6 aromatic rings. The molecule has 10 heteroatoms. The summed E-state index contributed by atoms with van der Waals surface area (Å²) in [4.78, 5) is 18.9. The molecule has 39 heavy (non-hydrogen) atoms. The second-order valence-electron chi connectivity index (χ2n) is 9.87. The molecule has 0 radical (unpaired) electrons. The summed E-state index contributed by atoms with van der Waals surface area (Å²) in [6.45, 7) is 0.542. The second-order valence-corrected chi connectivity index (χ2v) is 9.87. The maximum absolute atomic E-state index is 13.6. The Hall–Kier alpha value is -4.57. The number of rotatable bonds is 5. The van der Waals surface area contributed by atoms with Crippen LogP contribution in [0.5, 0.6) is 0 Å². The van der Waals surface area contributed by atoms with Crippen LogP contribution in [-0.4, -0.2) is 54.0 Å². The molecule has 0 atom stereocenters. The number of aromatic amines is 2. The molecule has 1 aliphatic rings. The number of nitrogens with zero attached hydrogens (tertiary/aromatic N) is 5. The van der Waals surface area contributed by atoms with Gasteiger partial charge in [0.25, 0.3) is 5.92 Å². The lowest BCUT2D eigenvalue weighted by Gasteiger charge is -2.15. The number of alkyl halides is 2. The lowest BCUT2D eigenvalue weighted by atomic mass is 10.1. The van der Waals surface area contributed by atoms with E-state index in [1.807, 2.05) is 30.3 Å². The van der Waals surface area contributed by atoms with Crippen molar-refractivity contribution in [3.8, 4) is 33.9 Å². The summed E-state index contributed by atoms with van der Waals surface area (Å²) < 4.78 is 40.7. The van der Waals surface area contributed by atoms with E-state index in [4.69, 9.17) is 4.98 Å². The Bertz CT molecular complexity index is 1820. The van der Waals surface area contributed by atoms with E-state index in [-0.39, 0.29) is 18.8 Å². The number of aromatic nitrogens is 6. The van der Waals surface area contributed by atoms with Crippen LogP contribution < -0.4 is 0 Å². The standard InChI is InChI=1S/C29H22F3N7/c30-20-3-1-18(2-4-20)26-21-12-25(35-23(21)7-9-34-26)28-27-24(37-38-28)6-5-22(36-27)19-11-17(13-33-14-19)15-39-10-8-29(31,32)16-39/h1-7,9,11-14,35H,8,10,15-16H2,(H,37,38). The molecule has 1 aromatic carbocycles. The van der Waals surface area contributed by atoms with Crippen molar-refractivity contribution in [1.82, 2.24) is 35.0 Å². The van der Waals surface area contributed by atoms with Gasteiger partial charge in [-0.1, -0.05) is 0 Å². The maximum atomic E-state index is 13.6. The van der Waals surface area contributed by atoms with Crippen molar-refractivity contribution < 1.29 is 13.2 Å². The molecule has 0 spiro atoms. The van der Waals surface area contributed by atoms with Crippen LogP contribution in [0.1, 0.15) is 12.0 Å². The van der Waals surface area contributed by atoms with Crippen molar-refractivity contribution in [2.75, 3.05) is 13.1 Å². The highest BCUT2D eigenvalue weighted by atomic mass is 19.3. The molecule has 6 heterocycles. The van der Waals surface area contributed by atoms with Crippen LogP contribution in [0.2, 0.25) is 0 Å². The van der Waals surface area contributed by atoms with Gasteiger partial charge < -0.3 is 4.98 Å². The van der Waals surface area contributed by atoms with Crippen molar-refractivity contribution in [3.63, 3.8) is 0 Å². The molecular weight excluding hydrogens is 503 g/mol. The molecule has 0 saturated carbocycles. The Labute approximate surface area is 220 Å². The Morgan fingerprint density at radius 1 is 0.923 bits per heavy atom. The van der Waals surface area contributed by atoms with Gasteiger partial charge in [0.15, 0.2) is 0 Å². The predicted molar refractivity (Wildman–Crippen MR) is 142 cm³/mol. The van der Waals surface area contributed by atoms with Crippen molar-refractivity contribution in [3.05, 3.63) is 84.6 Å². The Kier molecular flexibility index (Phi) is 5.44. The van der Waals surface area contributed by atoms with Gasteiger partial charge in [-0.15, -0.1) is 0 Å². The highest BCUT2D eigenvalue weighted by Gasteiger charge is 2.37. The first-order chi connectivity index (χ1) is 18.9. The highest BCUT2D eigenvalue weighted by molar-refractivity contribution is 5.99. The molecule has 1 saturated heterocycles. The first kappa shape index (κ1) is 23.5. The van der Waals surface area contributed by atoms with Gasteiger partial charge in [-0.25, -0.2) is 18.2 Å². The number of H-pyrrole nitrogens is 2. The third kappa shape index (κ3) is 4.42. The van der Waals surface area contributed by atoms with E-state index < -0.39 is 5.92 Å². The molecular formula is C29H22F3N7. The van der Waals surface area contributed by atoms with Gasteiger partial charge in [-0.2, -0.15) is 5.10 Å². The molecule has 0 amide bonds. The highest BCUT2D eigenvalue weighted by Crippen LogP contribution is 2.33. The van der Waals surface area contributed by atoms with Crippen LogP contribution in [0, 0.1) is 5.82 Å². The third-order valence-corrected chi connectivity index (χ3v) is 7.07. The fraction of sp³-hybridized carbons (Fsp3) is 0.172. The zero-order valence-corrected chi connectivity index (χ0v) is 20.6. The normalized spacial score (nSPS) is 15.5. The number of benzene rings is 1. The van der Waals surface area contributed by atoms with Crippen LogP contribution in [0.3, 0.4) is 0 Å². The van der Waals surface area contributed by atoms with E-state index in [9.17, 15) is 13.2 Å². The summed E-state index contributed by atoms with van der Waals surface area (Å²) in [6, 6.07) is 15.8. The van der Waals surface area contributed by atoms with Crippen LogP contribution >= 0.6 is 0 Å². The van der Waals surface area contributed by atoms with Crippen LogP contribution in [0.25, 0.3) is 55.8 Å². The largest absolute Gasteiger partial charge is 0.353 e. The Morgan fingerprint density at radius 3 is 2.62 bits per heavy atom. The average Bonchev–Trinajstić information content (AvgIpc) is 3.64. The lowest BCUT2D eigenvalue weighted by Crippen LogP contribution is -2.24. The molecule has 7 rings (SSSR count). The number of likely N-dealkylation sites (tertiary alicyclic amines) is 1. The Morgan fingerprint density at radius 2 is 1.79 bits per heavy atom. The Balaban J connectivity index is 1.24. The third-order valence-electron chi connectivity index (χ3n) is 7.07. The van der Waals surface area contributed by atoms with Gasteiger partial charge >= 0.3 is 0 Å². The van der Waals surface area contributed by atoms with Gasteiger partial charge in [0.05, 0.1) is 29.1 Å². The maximum Gasteiger partial charge on any atom is 0.261 e. The van der Waals surface area contributed by atoms with Gasteiger partial charge in [-0.3, -0.25) is 20.0 Å². The smallest absolute Gasteiger partial charge is 0.261 e. The van der Waals surface area contributed by atoms with E-state index in [1.165, 1.54) is 12.1 Å². The zero-order chi connectivity index (χ0) is 26.6. The summed E-state index contributed by atoms with van der Waals surface area (Å²) in [5.41, 5.74) is 7.64. The van der Waals surface area contributed by atoms with Gasteiger partial charge in [-0.05, 0) is 60.2 Å². The van der Waals surface area contributed by atoms with Crippen LogP contribution in [-0.2, 0) is 6.54 Å². The van der Waals surface area contributed by atoms with E-state index in [0.29, 0.717) is 30.0 Å². The number of nitrogens with one attached hydrogen (secondary N) is 2.